The number of hydrogen-bond donors (Lipinski definition) is 1. The lowest BCUT2D eigenvalue weighted by atomic mass is 10.1. The fraction of sp³-hybridized carbons (Fsp3) is 0.286. The molecule has 2 aromatic rings. The SMILES string of the molecule is CC(C)[C@@H](NC(=O)OCc1ccccc1)C(=O)OCc1ccc(C#N)cc1. The summed E-state index contributed by atoms with van der Waals surface area (Å²) >= 11 is 0. The lowest BCUT2D eigenvalue weighted by Crippen LogP contribution is -2.45. The van der Waals surface area contributed by atoms with Crippen molar-refractivity contribution >= 4 is 12.1 Å². The average Bonchev–Trinajstić information content (AvgIpc) is 2.69. The maximum atomic E-state index is 12.3. The van der Waals surface area contributed by atoms with Crippen LogP contribution in [0.4, 0.5) is 4.79 Å². The van der Waals surface area contributed by atoms with Crippen LogP contribution < -0.4 is 5.32 Å². The van der Waals surface area contributed by atoms with Crippen LogP contribution in [0.15, 0.2) is 54.6 Å². The van der Waals surface area contributed by atoms with Gasteiger partial charge in [0.2, 0.25) is 0 Å². The van der Waals surface area contributed by atoms with Gasteiger partial charge in [-0.1, -0.05) is 56.3 Å². The molecule has 0 bridgehead atoms. The van der Waals surface area contributed by atoms with E-state index in [4.69, 9.17) is 14.7 Å². The maximum absolute atomic E-state index is 12.3. The fourth-order valence-electron chi connectivity index (χ4n) is 2.31. The Labute approximate surface area is 158 Å². The summed E-state index contributed by atoms with van der Waals surface area (Å²) in [5.41, 5.74) is 2.15. The Kier molecular flexibility index (Phi) is 7.38. The van der Waals surface area contributed by atoms with Crippen molar-refractivity contribution in [3.8, 4) is 6.07 Å². The largest absolute Gasteiger partial charge is 0.459 e. The number of esters is 1. The number of nitriles is 1. The minimum atomic E-state index is -0.813. The monoisotopic (exact) mass is 366 g/mol. The highest BCUT2D eigenvalue weighted by Crippen LogP contribution is 2.09. The van der Waals surface area contributed by atoms with Crippen LogP contribution in [0.2, 0.25) is 0 Å². The van der Waals surface area contributed by atoms with Crippen molar-refractivity contribution < 1.29 is 19.1 Å². The molecule has 27 heavy (non-hydrogen) atoms. The summed E-state index contributed by atoms with van der Waals surface area (Å²) in [5, 5.41) is 11.4. The maximum Gasteiger partial charge on any atom is 0.408 e. The number of alkyl carbamates (subject to hydrolysis) is 1. The molecular weight excluding hydrogens is 344 g/mol. The number of hydrogen-bond acceptors (Lipinski definition) is 5. The molecule has 0 heterocycles. The Morgan fingerprint density at radius 2 is 1.56 bits per heavy atom. The zero-order valence-corrected chi connectivity index (χ0v) is 15.3. The van der Waals surface area contributed by atoms with Crippen LogP contribution in [0.5, 0.6) is 0 Å². The third-order valence-corrected chi connectivity index (χ3v) is 3.87. The van der Waals surface area contributed by atoms with Crippen LogP contribution in [0.25, 0.3) is 0 Å². The summed E-state index contributed by atoms with van der Waals surface area (Å²) in [6, 6.07) is 17.2. The summed E-state index contributed by atoms with van der Waals surface area (Å²) in [7, 11) is 0. The van der Waals surface area contributed by atoms with E-state index in [1.165, 1.54) is 0 Å². The standard InChI is InChI=1S/C21H22N2O4/c1-15(2)19(23-21(25)27-14-17-6-4-3-5-7-17)20(24)26-13-18-10-8-16(12-22)9-11-18/h3-11,15,19H,13-14H2,1-2H3,(H,23,25)/t19-/m1/s1. The fourth-order valence-corrected chi connectivity index (χ4v) is 2.31. The summed E-state index contributed by atoms with van der Waals surface area (Å²) < 4.78 is 10.5. The Hall–Kier alpha value is -3.33. The van der Waals surface area contributed by atoms with E-state index in [1.807, 2.05) is 50.2 Å². The van der Waals surface area contributed by atoms with E-state index in [0.29, 0.717) is 5.56 Å². The number of benzene rings is 2. The van der Waals surface area contributed by atoms with E-state index in [9.17, 15) is 9.59 Å². The number of carbonyl (C=O) groups excluding carboxylic acids is 2. The lowest BCUT2D eigenvalue weighted by molar-refractivity contribution is -0.148. The quantitative estimate of drug-likeness (QED) is 0.757. The first-order valence-electron chi connectivity index (χ1n) is 8.62. The third kappa shape index (κ3) is 6.48. The van der Waals surface area contributed by atoms with Crippen LogP contribution in [0, 0.1) is 17.2 Å². The Balaban J connectivity index is 1.86. The average molecular weight is 366 g/mol. The van der Waals surface area contributed by atoms with Gasteiger partial charge >= 0.3 is 12.1 Å². The van der Waals surface area contributed by atoms with Crippen molar-refractivity contribution in [2.75, 3.05) is 0 Å². The molecule has 0 fully saturated rings. The van der Waals surface area contributed by atoms with Gasteiger partial charge in [-0.3, -0.25) is 0 Å². The second-order valence-electron chi connectivity index (χ2n) is 6.34. The van der Waals surface area contributed by atoms with Crippen LogP contribution >= 0.6 is 0 Å². The lowest BCUT2D eigenvalue weighted by Gasteiger charge is -2.20. The summed E-state index contributed by atoms with van der Waals surface area (Å²) in [6.45, 7) is 3.81. The summed E-state index contributed by atoms with van der Waals surface area (Å²) in [5.74, 6) is -0.700. The van der Waals surface area contributed by atoms with E-state index in [0.717, 1.165) is 11.1 Å². The molecule has 1 N–H and O–H groups in total. The van der Waals surface area contributed by atoms with Crippen LogP contribution in [-0.4, -0.2) is 18.1 Å². The molecular formula is C21H22N2O4. The van der Waals surface area contributed by atoms with Gasteiger partial charge in [-0.2, -0.15) is 5.26 Å². The van der Waals surface area contributed by atoms with Gasteiger partial charge in [0.25, 0.3) is 0 Å². The van der Waals surface area contributed by atoms with Crippen LogP contribution in [-0.2, 0) is 27.5 Å². The van der Waals surface area contributed by atoms with E-state index >= 15 is 0 Å². The summed E-state index contributed by atoms with van der Waals surface area (Å²) in [6.07, 6.45) is -0.673. The predicted octanol–water partition coefficient (Wildman–Crippen LogP) is 3.55. The highest BCUT2D eigenvalue weighted by atomic mass is 16.6. The molecule has 0 radical (unpaired) electrons. The van der Waals surface area contributed by atoms with E-state index < -0.39 is 18.1 Å². The molecule has 2 rings (SSSR count). The van der Waals surface area contributed by atoms with Crippen molar-refractivity contribution in [2.24, 2.45) is 5.92 Å². The first-order chi connectivity index (χ1) is 13.0. The Bertz CT molecular complexity index is 795. The zero-order chi connectivity index (χ0) is 19.6. The highest BCUT2D eigenvalue weighted by Gasteiger charge is 2.26. The molecule has 6 nitrogen and oxygen atoms in total. The normalized spacial score (nSPS) is 11.3. The number of carbonyl (C=O) groups is 2. The molecule has 0 aliphatic carbocycles. The van der Waals surface area contributed by atoms with Crippen molar-refractivity contribution in [2.45, 2.75) is 33.1 Å². The number of ether oxygens (including phenoxy) is 2. The van der Waals surface area contributed by atoms with Gasteiger partial charge in [0, 0.05) is 0 Å². The van der Waals surface area contributed by atoms with Crippen molar-refractivity contribution in [3.05, 3.63) is 71.3 Å². The molecule has 1 amide bonds. The molecule has 140 valence electrons. The second kappa shape index (κ2) is 9.97. The molecule has 2 aromatic carbocycles. The molecule has 0 aliphatic heterocycles. The number of rotatable bonds is 7. The second-order valence-corrected chi connectivity index (χ2v) is 6.34. The predicted molar refractivity (Wildman–Crippen MR) is 99.3 cm³/mol. The molecule has 0 spiro atoms. The van der Waals surface area contributed by atoms with Crippen molar-refractivity contribution in [1.82, 2.24) is 5.32 Å². The first kappa shape index (κ1) is 20.0. The minimum Gasteiger partial charge on any atom is -0.459 e. The van der Waals surface area contributed by atoms with Crippen LogP contribution in [0.3, 0.4) is 0 Å². The van der Waals surface area contributed by atoms with Crippen LogP contribution in [0.1, 0.15) is 30.5 Å². The van der Waals surface area contributed by atoms with Gasteiger partial charge in [-0.05, 0) is 29.2 Å². The van der Waals surface area contributed by atoms with Gasteiger partial charge in [0.05, 0.1) is 11.6 Å². The molecule has 0 saturated carbocycles. The molecule has 0 aliphatic rings. The number of nitrogens with zero attached hydrogens (tertiary/aromatic N) is 1. The molecule has 6 heteroatoms. The minimum absolute atomic E-state index is 0.0640. The molecule has 0 unspecified atom stereocenters. The van der Waals surface area contributed by atoms with Crippen molar-refractivity contribution in [3.63, 3.8) is 0 Å². The smallest absolute Gasteiger partial charge is 0.408 e. The van der Waals surface area contributed by atoms with E-state index in [2.05, 4.69) is 5.32 Å². The highest BCUT2D eigenvalue weighted by molar-refractivity contribution is 5.81. The zero-order valence-electron chi connectivity index (χ0n) is 15.3. The molecule has 0 saturated heterocycles. The molecule has 0 aromatic heterocycles. The van der Waals surface area contributed by atoms with Gasteiger partial charge in [0.1, 0.15) is 19.3 Å². The number of amides is 1. The van der Waals surface area contributed by atoms with Gasteiger partial charge < -0.3 is 14.8 Å². The van der Waals surface area contributed by atoms with Gasteiger partial charge in [0.15, 0.2) is 0 Å². The first-order valence-corrected chi connectivity index (χ1v) is 8.62. The van der Waals surface area contributed by atoms with Gasteiger partial charge in [-0.15, -0.1) is 0 Å². The van der Waals surface area contributed by atoms with Gasteiger partial charge in [-0.25, -0.2) is 9.59 Å². The third-order valence-electron chi connectivity index (χ3n) is 3.87. The Morgan fingerprint density at radius 3 is 2.15 bits per heavy atom. The number of nitrogens with one attached hydrogen (secondary N) is 1. The topological polar surface area (TPSA) is 88.4 Å². The Morgan fingerprint density at radius 1 is 0.963 bits per heavy atom. The summed E-state index contributed by atoms with van der Waals surface area (Å²) in [4.78, 5) is 24.4. The van der Waals surface area contributed by atoms with Crippen molar-refractivity contribution in [1.29, 1.82) is 5.26 Å². The van der Waals surface area contributed by atoms with E-state index in [1.54, 1.807) is 24.3 Å². The van der Waals surface area contributed by atoms with E-state index in [-0.39, 0.29) is 19.1 Å². The molecule has 1 atom stereocenters.